The van der Waals surface area contributed by atoms with Gasteiger partial charge in [-0.3, -0.25) is 0 Å². The number of halogens is 1. The maximum Gasteiger partial charge on any atom is 0.125 e. The zero-order chi connectivity index (χ0) is 12.8. The molecule has 0 spiro atoms. The summed E-state index contributed by atoms with van der Waals surface area (Å²) in [5.41, 5.74) is 2.98. The van der Waals surface area contributed by atoms with Gasteiger partial charge in [0.2, 0.25) is 0 Å². The Morgan fingerprint density at radius 3 is 2.83 bits per heavy atom. The normalized spacial score (nSPS) is 17.5. The summed E-state index contributed by atoms with van der Waals surface area (Å²) >= 11 is 5.48. The van der Waals surface area contributed by atoms with Crippen molar-refractivity contribution in [2.24, 2.45) is 5.41 Å². The fourth-order valence-corrected chi connectivity index (χ4v) is 4.46. The molecule has 0 saturated heterocycles. The van der Waals surface area contributed by atoms with Gasteiger partial charge in [-0.05, 0) is 30.7 Å². The van der Waals surface area contributed by atoms with E-state index in [1.54, 1.807) is 0 Å². The van der Waals surface area contributed by atoms with Gasteiger partial charge in [-0.15, -0.1) is 11.3 Å². The molecule has 0 N–H and O–H groups in total. The molecule has 1 aromatic carbocycles. The van der Waals surface area contributed by atoms with Crippen LogP contribution in [0.15, 0.2) is 28.7 Å². The molecule has 0 saturated carbocycles. The lowest BCUT2D eigenvalue weighted by Crippen LogP contribution is -2.20. The summed E-state index contributed by atoms with van der Waals surface area (Å²) in [4.78, 5) is 6.32. The molecule has 3 rings (SSSR count). The summed E-state index contributed by atoms with van der Waals surface area (Å²) < 4.78 is 1.13. The summed E-state index contributed by atoms with van der Waals surface area (Å²) in [6.07, 6.45) is 3.55. The molecule has 2 aromatic rings. The van der Waals surface area contributed by atoms with E-state index in [4.69, 9.17) is 4.98 Å². The molecule has 0 unspecified atom stereocenters. The lowest BCUT2D eigenvalue weighted by molar-refractivity contribution is 0.316. The van der Waals surface area contributed by atoms with Gasteiger partial charge in [0.1, 0.15) is 5.01 Å². The molecule has 0 fully saturated rings. The van der Waals surface area contributed by atoms with Crippen LogP contribution in [-0.2, 0) is 12.8 Å². The van der Waals surface area contributed by atoms with E-state index < -0.39 is 0 Å². The Kier molecular flexibility index (Phi) is 3.07. The Hall–Kier alpha value is -0.670. The number of nitrogens with zero attached hydrogens (tertiary/aromatic N) is 1. The van der Waals surface area contributed by atoms with E-state index in [0.29, 0.717) is 5.41 Å². The Balaban J connectivity index is 2.02. The number of hydrogen-bond donors (Lipinski definition) is 0. The molecule has 1 aliphatic rings. The summed E-state index contributed by atoms with van der Waals surface area (Å²) in [6, 6.07) is 8.34. The summed E-state index contributed by atoms with van der Waals surface area (Å²) in [5.74, 6) is 0. The SMILES string of the molecule is CC1(C)CCc2nc(-c3ccccc3Br)sc2C1. The minimum atomic E-state index is 0.435. The number of aromatic nitrogens is 1. The molecule has 3 heteroatoms. The predicted octanol–water partition coefficient (Wildman–Crippen LogP) is 5.09. The van der Waals surface area contributed by atoms with Crippen LogP contribution in [0, 0.1) is 5.41 Å². The van der Waals surface area contributed by atoms with Gasteiger partial charge in [0.15, 0.2) is 0 Å². The van der Waals surface area contributed by atoms with E-state index in [2.05, 4.69) is 48.0 Å². The van der Waals surface area contributed by atoms with Gasteiger partial charge in [0, 0.05) is 14.9 Å². The molecule has 0 atom stereocenters. The highest BCUT2D eigenvalue weighted by molar-refractivity contribution is 9.10. The van der Waals surface area contributed by atoms with Crippen molar-refractivity contribution in [3.8, 4) is 10.6 Å². The summed E-state index contributed by atoms with van der Waals surface area (Å²) in [6.45, 7) is 4.71. The van der Waals surface area contributed by atoms with Gasteiger partial charge >= 0.3 is 0 Å². The fourth-order valence-electron chi connectivity index (χ4n) is 2.45. The van der Waals surface area contributed by atoms with Crippen LogP contribution >= 0.6 is 27.3 Å². The zero-order valence-corrected chi connectivity index (χ0v) is 13.1. The first kappa shape index (κ1) is 12.4. The van der Waals surface area contributed by atoms with E-state index >= 15 is 0 Å². The minimum Gasteiger partial charge on any atom is -0.241 e. The third kappa shape index (κ3) is 2.26. The monoisotopic (exact) mass is 321 g/mol. The molecule has 0 aliphatic heterocycles. The van der Waals surface area contributed by atoms with Crippen LogP contribution in [0.1, 0.15) is 30.8 Å². The number of benzene rings is 1. The van der Waals surface area contributed by atoms with Crippen molar-refractivity contribution >= 4 is 27.3 Å². The van der Waals surface area contributed by atoms with Gasteiger partial charge in [-0.25, -0.2) is 4.98 Å². The second-order valence-electron chi connectivity index (χ2n) is 5.71. The number of hydrogen-bond acceptors (Lipinski definition) is 2. The Bertz CT molecular complexity index is 586. The van der Waals surface area contributed by atoms with Crippen LogP contribution in [0.2, 0.25) is 0 Å². The first-order chi connectivity index (χ1) is 8.55. The lowest BCUT2D eigenvalue weighted by atomic mass is 9.79. The number of thiazole rings is 1. The van der Waals surface area contributed by atoms with Gasteiger partial charge < -0.3 is 0 Å². The highest BCUT2D eigenvalue weighted by Gasteiger charge is 2.28. The highest BCUT2D eigenvalue weighted by atomic mass is 79.9. The molecule has 0 radical (unpaired) electrons. The first-order valence-electron chi connectivity index (χ1n) is 6.29. The van der Waals surface area contributed by atoms with E-state index in [1.165, 1.54) is 29.0 Å². The van der Waals surface area contributed by atoms with Crippen molar-refractivity contribution in [3.05, 3.63) is 39.3 Å². The van der Waals surface area contributed by atoms with Gasteiger partial charge in [0.05, 0.1) is 5.69 Å². The molecular weight excluding hydrogens is 306 g/mol. The van der Waals surface area contributed by atoms with Crippen molar-refractivity contribution in [1.82, 2.24) is 4.98 Å². The molecule has 1 aromatic heterocycles. The molecule has 94 valence electrons. The average Bonchev–Trinajstić information content (AvgIpc) is 2.70. The van der Waals surface area contributed by atoms with E-state index in [9.17, 15) is 0 Å². The Labute approximate surface area is 120 Å². The summed E-state index contributed by atoms with van der Waals surface area (Å²) in [5, 5.41) is 1.16. The maximum atomic E-state index is 4.84. The van der Waals surface area contributed by atoms with Gasteiger partial charge in [-0.2, -0.15) is 0 Å². The molecule has 18 heavy (non-hydrogen) atoms. The third-order valence-corrected chi connectivity index (χ3v) is 5.38. The quantitative estimate of drug-likeness (QED) is 0.713. The molecule has 1 aliphatic carbocycles. The third-order valence-electron chi connectivity index (χ3n) is 3.56. The number of rotatable bonds is 1. The second kappa shape index (κ2) is 4.46. The molecule has 1 nitrogen and oxygen atoms in total. The van der Waals surface area contributed by atoms with Crippen molar-refractivity contribution in [1.29, 1.82) is 0 Å². The van der Waals surface area contributed by atoms with Crippen LogP contribution < -0.4 is 0 Å². The van der Waals surface area contributed by atoms with E-state index in [0.717, 1.165) is 15.9 Å². The average molecular weight is 322 g/mol. The molecular formula is C15H16BrNS. The number of fused-ring (bicyclic) bond motifs is 1. The smallest absolute Gasteiger partial charge is 0.125 e. The van der Waals surface area contributed by atoms with Crippen LogP contribution in [0.3, 0.4) is 0 Å². The lowest BCUT2D eigenvalue weighted by Gasteiger charge is -2.28. The highest BCUT2D eigenvalue weighted by Crippen LogP contribution is 2.40. The van der Waals surface area contributed by atoms with Crippen LogP contribution in [-0.4, -0.2) is 4.98 Å². The first-order valence-corrected chi connectivity index (χ1v) is 7.90. The largest absolute Gasteiger partial charge is 0.241 e. The van der Waals surface area contributed by atoms with Crippen LogP contribution in [0.5, 0.6) is 0 Å². The fraction of sp³-hybridized carbons (Fsp3) is 0.400. The second-order valence-corrected chi connectivity index (χ2v) is 7.65. The van der Waals surface area contributed by atoms with Crippen molar-refractivity contribution in [2.75, 3.05) is 0 Å². The number of aryl methyl sites for hydroxylation is 1. The van der Waals surface area contributed by atoms with Crippen LogP contribution in [0.4, 0.5) is 0 Å². The Morgan fingerprint density at radius 2 is 2.06 bits per heavy atom. The molecule has 0 amide bonds. The van der Waals surface area contributed by atoms with E-state index in [1.807, 2.05) is 17.4 Å². The maximum absolute atomic E-state index is 4.84. The van der Waals surface area contributed by atoms with Gasteiger partial charge in [0.25, 0.3) is 0 Å². The minimum absolute atomic E-state index is 0.435. The predicted molar refractivity (Wildman–Crippen MR) is 81.1 cm³/mol. The van der Waals surface area contributed by atoms with E-state index in [-0.39, 0.29) is 0 Å². The topological polar surface area (TPSA) is 12.9 Å². The van der Waals surface area contributed by atoms with Crippen molar-refractivity contribution in [3.63, 3.8) is 0 Å². The van der Waals surface area contributed by atoms with Gasteiger partial charge in [-0.1, -0.05) is 48.0 Å². The summed E-state index contributed by atoms with van der Waals surface area (Å²) in [7, 11) is 0. The Morgan fingerprint density at radius 1 is 1.28 bits per heavy atom. The molecule has 0 bridgehead atoms. The van der Waals surface area contributed by atoms with Crippen molar-refractivity contribution < 1.29 is 0 Å². The standard InChI is InChI=1S/C15H16BrNS/c1-15(2)8-7-12-13(9-15)18-14(17-12)10-5-3-4-6-11(10)16/h3-6H,7-9H2,1-2H3. The molecule has 1 heterocycles. The zero-order valence-electron chi connectivity index (χ0n) is 10.7. The van der Waals surface area contributed by atoms with Crippen molar-refractivity contribution in [2.45, 2.75) is 33.1 Å². The van der Waals surface area contributed by atoms with Crippen LogP contribution in [0.25, 0.3) is 10.6 Å².